The van der Waals surface area contributed by atoms with E-state index in [9.17, 15) is 9.18 Å². The number of hydrogen-bond donors (Lipinski definition) is 0. The van der Waals surface area contributed by atoms with Crippen molar-refractivity contribution >= 4 is 27.9 Å². The smallest absolute Gasteiger partial charge is 0.330 e. The van der Waals surface area contributed by atoms with Crippen LogP contribution in [-0.2, 0) is 13.6 Å². The summed E-state index contributed by atoms with van der Waals surface area (Å²) in [5.74, 6) is 0.865. The van der Waals surface area contributed by atoms with E-state index in [-0.39, 0.29) is 11.5 Å². The Hall–Kier alpha value is -3.29. The second-order valence-corrected chi connectivity index (χ2v) is 7.59. The molecule has 0 unspecified atom stereocenters. The summed E-state index contributed by atoms with van der Waals surface area (Å²) >= 11 is 0. The molecule has 5 rings (SSSR count). The molecule has 3 aromatic heterocycles. The first-order chi connectivity index (χ1) is 14.1. The van der Waals surface area contributed by atoms with Crippen molar-refractivity contribution in [2.24, 2.45) is 13.0 Å². The normalized spacial score (nSPS) is 15.4. The predicted molar refractivity (Wildman–Crippen MR) is 109 cm³/mol. The molecule has 8 heteroatoms. The van der Waals surface area contributed by atoms with Gasteiger partial charge in [-0.3, -0.25) is 9.13 Å². The third-order valence-corrected chi connectivity index (χ3v) is 5.83. The number of fused-ring (bicyclic) bond motifs is 2. The number of nitrogens with zero attached hydrogens (tertiary/aromatic N) is 6. The molecular weight excluding hydrogens is 371 g/mol. The first-order valence-corrected chi connectivity index (χ1v) is 9.77. The fourth-order valence-electron chi connectivity index (χ4n) is 4.25. The van der Waals surface area contributed by atoms with Crippen LogP contribution in [0.4, 0.5) is 10.2 Å². The van der Waals surface area contributed by atoms with E-state index in [1.54, 1.807) is 28.4 Å². The van der Waals surface area contributed by atoms with Gasteiger partial charge in [0.15, 0.2) is 5.65 Å². The lowest BCUT2D eigenvalue weighted by Crippen LogP contribution is -2.37. The zero-order chi connectivity index (χ0) is 20.0. The molecule has 4 heterocycles. The second kappa shape index (κ2) is 6.95. The van der Waals surface area contributed by atoms with Gasteiger partial charge in [-0.2, -0.15) is 0 Å². The van der Waals surface area contributed by atoms with Gasteiger partial charge in [-0.15, -0.1) is 0 Å². The Morgan fingerprint density at radius 2 is 1.97 bits per heavy atom. The molecule has 1 aliphatic heterocycles. The monoisotopic (exact) mass is 392 g/mol. The Bertz CT molecular complexity index is 1260. The van der Waals surface area contributed by atoms with Crippen LogP contribution >= 0.6 is 0 Å². The number of imidazole rings is 1. The number of pyridine rings is 1. The summed E-state index contributed by atoms with van der Waals surface area (Å²) in [6, 6.07) is 8.36. The van der Waals surface area contributed by atoms with Crippen LogP contribution in [0.3, 0.4) is 0 Å². The maximum Gasteiger partial charge on any atom is 0.330 e. The summed E-state index contributed by atoms with van der Waals surface area (Å²) in [6.45, 7) is 2.26. The average Bonchev–Trinajstić information content (AvgIpc) is 2.99. The predicted octanol–water partition coefficient (Wildman–Crippen LogP) is 2.73. The molecule has 0 radical (unpaired) electrons. The van der Waals surface area contributed by atoms with Gasteiger partial charge in [0.2, 0.25) is 0 Å². The van der Waals surface area contributed by atoms with Crippen molar-refractivity contribution < 1.29 is 4.39 Å². The topological polar surface area (TPSA) is 68.8 Å². The van der Waals surface area contributed by atoms with Gasteiger partial charge in [0.05, 0.1) is 11.0 Å². The summed E-state index contributed by atoms with van der Waals surface area (Å²) in [4.78, 5) is 27.9. The molecule has 1 aliphatic rings. The van der Waals surface area contributed by atoms with Crippen LogP contribution in [-0.4, -0.2) is 37.2 Å². The third-order valence-electron chi connectivity index (χ3n) is 5.83. The van der Waals surface area contributed by atoms with E-state index in [4.69, 9.17) is 0 Å². The third kappa shape index (κ3) is 3.04. The van der Waals surface area contributed by atoms with Gasteiger partial charge < -0.3 is 4.90 Å². The highest BCUT2D eigenvalue weighted by molar-refractivity contribution is 5.89. The largest absolute Gasteiger partial charge is 0.356 e. The van der Waals surface area contributed by atoms with E-state index in [1.807, 2.05) is 12.1 Å². The molecule has 1 aromatic carbocycles. The molecule has 1 fully saturated rings. The molecule has 0 amide bonds. The van der Waals surface area contributed by atoms with Crippen LogP contribution in [0.25, 0.3) is 22.1 Å². The lowest BCUT2D eigenvalue weighted by molar-refractivity contribution is 0.354. The van der Waals surface area contributed by atoms with Gasteiger partial charge in [0.25, 0.3) is 0 Å². The minimum Gasteiger partial charge on any atom is -0.356 e. The Labute approximate surface area is 166 Å². The Balaban J connectivity index is 1.36. The first-order valence-electron chi connectivity index (χ1n) is 9.77. The van der Waals surface area contributed by atoms with Gasteiger partial charge in [-0.1, -0.05) is 0 Å². The molecule has 0 spiro atoms. The van der Waals surface area contributed by atoms with Gasteiger partial charge in [-0.05, 0) is 49.1 Å². The number of anilines is 1. The van der Waals surface area contributed by atoms with Crippen molar-refractivity contribution in [3.05, 3.63) is 59.2 Å². The van der Waals surface area contributed by atoms with Crippen molar-refractivity contribution in [2.45, 2.75) is 19.4 Å². The van der Waals surface area contributed by atoms with E-state index in [0.29, 0.717) is 12.5 Å². The lowest BCUT2D eigenvalue weighted by atomic mass is 9.96. The van der Waals surface area contributed by atoms with Gasteiger partial charge in [0.1, 0.15) is 18.0 Å². The molecule has 7 nitrogen and oxygen atoms in total. The van der Waals surface area contributed by atoms with Crippen molar-refractivity contribution in [1.29, 1.82) is 0 Å². The Morgan fingerprint density at radius 1 is 1.14 bits per heavy atom. The highest BCUT2D eigenvalue weighted by atomic mass is 19.1. The number of hydrogen-bond acceptors (Lipinski definition) is 5. The van der Waals surface area contributed by atoms with E-state index < -0.39 is 0 Å². The molecule has 0 aliphatic carbocycles. The van der Waals surface area contributed by atoms with Crippen LogP contribution in [0.15, 0.2) is 47.7 Å². The second-order valence-electron chi connectivity index (χ2n) is 7.59. The number of aryl methyl sites for hydroxylation is 1. The van der Waals surface area contributed by atoms with Crippen molar-refractivity contribution in [3.8, 4) is 0 Å². The number of rotatable bonds is 3. The fraction of sp³-hybridized carbons (Fsp3) is 0.333. The summed E-state index contributed by atoms with van der Waals surface area (Å²) in [5.41, 5.74) is 2.30. The molecule has 148 valence electrons. The highest BCUT2D eigenvalue weighted by Gasteiger charge is 2.24. The number of piperidine rings is 1. The summed E-state index contributed by atoms with van der Waals surface area (Å²) in [5, 5.41) is 0.737. The molecule has 0 atom stereocenters. The zero-order valence-corrected chi connectivity index (χ0v) is 16.1. The Kier molecular flexibility index (Phi) is 4.26. The van der Waals surface area contributed by atoms with E-state index in [1.165, 1.54) is 18.5 Å². The van der Waals surface area contributed by atoms with E-state index in [2.05, 4.69) is 19.9 Å². The van der Waals surface area contributed by atoms with Crippen molar-refractivity contribution in [2.75, 3.05) is 18.0 Å². The maximum atomic E-state index is 13.7. The molecule has 29 heavy (non-hydrogen) atoms. The van der Waals surface area contributed by atoms with Gasteiger partial charge in [0, 0.05) is 38.3 Å². The lowest BCUT2D eigenvalue weighted by Gasteiger charge is -2.33. The van der Waals surface area contributed by atoms with E-state index >= 15 is 0 Å². The standard InChI is InChI=1S/C21H21FN6O/c1-26-18-3-2-8-23-20(18)28(21(26)29)12-14-6-9-27(10-7-14)19-16-11-15(22)4-5-17(16)24-13-25-19/h2-5,8,11,13-14H,6-7,9-10,12H2,1H3. The summed E-state index contributed by atoms with van der Waals surface area (Å²) < 4.78 is 17.2. The molecule has 0 saturated carbocycles. The van der Waals surface area contributed by atoms with Crippen LogP contribution in [0.5, 0.6) is 0 Å². The summed E-state index contributed by atoms with van der Waals surface area (Å²) in [6.07, 6.45) is 5.11. The van der Waals surface area contributed by atoms with E-state index in [0.717, 1.165) is 53.8 Å². The number of halogens is 1. The van der Waals surface area contributed by atoms with Crippen LogP contribution in [0.2, 0.25) is 0 Å². The molecule has 1 saturated heterocycles. The SMILES string of the molecule is Cn1c(=O)n(CC2CCN(c3ncnc4ccc(F)cc34)CC2)c2ncccc21. The van der Waals surface area contributed by atoms with Crippen LogP contribution in [0, 0.1) is 11.7 Å². The first kappa shape index (κ1) is 17.8. The average molecular weight is 392 g/mol. The fourth-order valence-corrected chi connectivity index (χ4v) is 4.25. The minimum absolute atomic E-state index is 0.0293. The molecule has 4 aromatic rings. The van der Waals surface area contributed by atoms with Crippen molar-refractivity contribution in [3.63, 3.8) is 0 Å². The minimum atomic E-state index is -0.286. The summed E-state index contributed by atoms with van der Waals surface area (Å²) in [7, 11) is 1.78. The van der Waals surface area contributed by atoms with Crippen molar-refractivity contribution in [1.82, 2.24) is 24.1 Å². The number of benzene rings is 1. The number of aromatic nitrogens is 5. The quantitative estimate of drug-likeness (QED) is 0.536. The Morgan fingerprint density at radius 3 is 2.79 bits per heavy atom. The van der Waals surface area contributed by atoms with Crippen LogP contribution in [0.1, 0.15) is 12.8 Å². The molecule has 0 bridgehead atoms. The van der Waals surface area contributed by atoms with Gasteiger partial charge >= 0.3 is 5.69 Å². The molecular formula is C21H21FN6O. The van der Waals surface area contributed by atoms with Gasteiger partial charge in [-0.25, -0.2) is 24.1 Å². The zero-order valence-electron chi connectivity index (χ0n) is 16.1. The van der Waals surface area contributed by atoms with Crippen LogP contribution < -0.4 is 10.6 Å². The highest BCUT2D eigenvalue weighted by Crippen LogP contribution is 2.28. The molecule has 0 N–H and O–H groups in total. The maximum absolute atomic E-state index is 13.7.